The van der Waals surface area contributed by atoms with Crippen molar-refractivity contribution in [3.63, 3.8) is 0 Å². The Kier molecular flexibility index (Phi) is 12.7. The van der Waals surface area contributed by atoms with Gasteiger partial charge in [-0.1, -0.05) is 25.0 Å². The number of carbonyl (C=O) groups is 4. The molecule has 1 saturated heterocycles. The summed E-state index contributed by atoms with van der Waals surface area (Å²) in [5.74, 6) is -1.90. The number of aromatic nitrogens is 1. The molecule has 0 unspecified atom stereocenters. The van der Waals surface area contributed by atoms with Crippen molar-refractivity contribution >= 4 is 44.5 Å². The average Bonchev–Trinajstić information content (AvgIpc) is 4.09. The minimum absolute atomic E-state index is 0.0478. The van der Waals surface area contributed by atoms with E-state index in [1.54, 1.807) is 38.9 Å². The molecule has 4 aliphatic rings. The van der Waals surface area contributed by atoms with Gasteiger partial charge in [0, 0.05) is 36.8 Å². The molecule has 2 amide bonds. The molecule has 2 aliphatic heterocycles. The van der Waals surface area contributed by atoms with Crippen molar-refractivity contribution in [1.82, 2.24) is 14.6 Å². The fourth-order valence-electron chi connectivity index (χ4n) is 9.11. The number of esters is 1. The molecular formula is C45H61N3O10S. The number of Topliss-reactive ketones (excluding diaryl/α,β-unsaturated/α-hetero) is 1. The van der Waals surface area contributed by atoms with E-state index in [0.29, 0.717) is 55.7 Å². The Morgan fingerprint density at radius 2 is 1.83 bits per heavy atom. The molecule has 1 aromatic carbocycles. The number of pyridine rings is 1. The molecule has 1 aromatic heterocycles. The second-order valence-electron chi connectivity index (χ2n) is 18.2. The van der Waals surface area contributed by atoms with E-state index >= 15 is 0 Å². The predicted molar refractivity (Wildman–Crippen MR) is 223 cm³/mol. The summed E-state index contributed by atoms with van der Waals surface area (Å²) in [5.41, 5.74) is -0.627. The van der Waals surface area contributed by atoms with E-state index in [-0.39, 0.29) is 50.5 Å². The van der Waals surface area contributed by atoms with Crippen LogP contribution in [0.15, 0.2) is 43.5 Å². The Bertz CT molecular complexity index is 2110. The standard InChI is InChI=1S/C45H61N3O10S/c1-9-11-12-13-14-15-30(22-38(50)57-42(4,5)6)40(51)48-27-43(19-18-33-34-23-32(56-8)16-17-35(34)46-29(3)39(33)58-43)25-36(48)37(49)26-45(24-31(45)10-2)41(52)47-59(53,54)44(20-21-44)28-55-7/h9-10,16-17,23,30-31,36H,1-2,11-15,18-22,24-28H2,3-8H3,(H,47,52)/t30-,31-,36+,43-,45-/m1/s1. The normalized spacial score (nSPS) is 24.7. The van der Waals surface area contributed by atoms with Crippen LogP contribution in [0.4, 0.5) is 0 Å². The Balaban J connectivity index is 1.33. The minimum atomic E-state index is -4.11. The number of fused-ring (bicyclic) bond motifs is 3. The molecule has 2 aliphatic carbocycles. The van der Waals surface area contributed by atoms with Gasteiger partial charge in [0.25, 0.3) is 0 Å². The SMILES string of the molecule is C=CCCCCC[C@H](CC(=O)OC(C)(C)C)C(=O)N1C[C@@]2(CCc3c(c(C)nc4ccc(OC)cc34)O2)C[C@H]1C(=O)C[C@]1(C(=O)NS(=O)(=O)C2(COC)CC2)C[C@H]1C=C. The molecule has 0 bridgehead atoms. The summed E-state index contributed by atoms with van der Waals surface area (Å²) < 4.78 is 51.4. The third kappa shape index (κ3) is 9.23. The predicted octanol–water partition coefficient (Wildman–Crippen LogP) is 6.48. The number of benzene rings is 1. The van der Waals surface area contributed by atoms with Gasteiger partial charge >= 0.3 is 5.97 Å². The van der Waals surface area contributed by atoms with Crippen LogP contribution in [0.2, 0.25) is 0 Å². The number of carbonyl (C=O) groups excluding carboxylic acids is 4. The lowest BCUT2D eigenvalue weighted by molar-refractivity contribution is -0.159. The number of ketones is 1. The highest BCUT2D eigenvalue weighted by Gasteiger charge is 2.64. The second kappa shape index (κ2) is 17.0. The number of likely N-dealkylation sites (tertiary alicyclic amines) is 1. The monoisotopic (exact) mass is 835 g/mol. The largest absolute Gasteiger partial charge is 0.497 e. The van der Waals surface area contributed by atoms with E-state index in [2.05, 4.69) is 17.9 Å². The maximum atomic E-state index is 14.9. The number of nitrogens with one attached hydrogen (secondary N) is 1. The second-order valence-corrected chi connectivity index (χ2v) is 20.2. The number of aryl methyl sites for hydroxylation is 2. The number of rotatable bonds is 19. The molecular weight excluding hydrogens is 775 g/mol. The third-order valence-electron chi connectivity index (χ3n) is 12.6. The Labute approximate surface area is 348 Å². The number of allylic oxidation sites excluding steroid dienone is 2. The summed E-state index contributed by atoms with van der Waals surface area (Å²) in [7, 11) is -1.08. The molecule has 3 heterocycles. The minimum Gasteiger partial charge on any atom is -0.497 e. The van der Waals surface area contributed by atoms with Crippen molar-refractivity contribution in [2.45, 2.75) is 133 Å². The van der Waals surface area contributed by atoms with Crippen LogP contribution in [-0.4, -0.2) is 91.2 Å². The Morgan fingerprint density at radius 1 is 1.08 bits per heavy atom. The van der Waals surface area contributed by atoms with Crippen LogP contribution < -0.4 is 14.2 Å². The van der Waals surface area contributed by atoms with Gasteiger partial charge < -0.3 is 23.8 Å². The third-order valence-corrected chi connectivity index (χ3v) is 14.8. The van der Waals surface area contributed by atoms with Crippen LogP contribution >= 0.6 is 0 Å². The number of amides is 2. The summed E-state index contributed by atoms with van der Waals surface area (Å²) in [6.07, 6.45) is 8.81. The molecule has 5 atom stereocenters. The lowest BCUT2D eigenvalue weighted by Crippen LogP contribution is -2.48. The van der Waals surface area contributed by atoms with Gasteiger partial charge in [-0.25, -0.2) is 13.4 Å². The van der Waals surface area contributed by atoms with Crippen molar-refractivity contribution in [1.29, 1.82) is 0 Å². The lowest BCUT2D eigenvalue weighted by Gasteiger charge is -2.36. The molecule has 14 heteroatoms. The highest BCUT2D eigenvalue weighted by Crippen LogP contribution is 2.58. The van der Waals surface area contributed by atoms with E-state index < -0.39 is 61.1 Å². The van der Waals surface area contributed by atoms with Crippen LogP contribution in [0.25, 0.3) is 10.9 Å². The average molecular weight is 836 g/mol. The number of methoxy groups -OCH3 is 2. The van der Waals surface area contributed by atoms with Gasteiger partial charge in [0.2, 0.25) is 21.8 Å². The molecule has 0 radical (unpaired) electrons. The molecule has 1 N–H and O–H groups in total. The first kappa shape index (κ1) is 44.3. The van der Waals surface area contributed by atoms with E-state index in [0.717, 1.165) is 35.7 Å². The molecule has 13 nitrogen and oxygen atoms in total. The van der Waals surface area contributed by atoms with Gasteiger partial charge in [-0.05, 0) is 103 Å². The fraction of sp³-hybridized carbons (Fsp3) is 0.622. The molecule has 2 saturated carbocycles. The number of nitrogens with zero attached hydrogens (tertiary/aromatic N) is 2. The summed E-state index contributed by atoms with van der Waals surface area (Å²) in [6.45, 7) is 14.9. The number of ether oxygens (including phenoxy) is 4. The summed E-state index contributed by atoms with van der Waals surface area (Å²) in [4.78, 5) is 63.5. The van der Waals surface area contributed by atoms with Crippen molar-refractivity contribution in [3.05, 3.63) is 54.8 Å². The fourth-order valence-corrected chi connectivity index (χ4v) is 10.7. The van der Waals surface area contributed by atoms with Gasteiger partial charge in [-0.3, -0.25) is 23.9 Å². The zero-order chi connectivity index (χ0) is 43.0. The van der Waals surface area contributed by atoms with E-state index in [4.69, 9.17) is 23.9 Å². The van der Waals surface area contributed by atoms with Gasteiger partial charge in [0.1, 0.15) is 27.4 Å². The highest BCUT2D eigenvalue weighted by atomic mass is 32.2. The first-order chi connectivity index (χ1) is 27.9. The van der Waals surface area contributed by atoms with Crippen molar-refractivity contribution in [2.24, 2.45) is 17.3 Å². The van der Waals surface area contributed by atoms with Crippen molar-refractivity contribution in [3.8, 4) is 11.5 Å². The Morgan fingerprint density at radius 3 is 2.46 bits per heavy atom. The topological polar surface area (TPSA) is 167 Å². The van der Waals surface area contributed by atoms with Crippen LogP contribution in [0.1, 0.15) is 109 Å². The van der Waals surface area contributed by atoms with Crippen LogP contribution in [0, 0.1) is 24.2 Å². The van der Waals surface area contributed by atoms with Gasteiger partial charge in [-0.15, -0.1) is 13.2 Å². The highest BCUT2D eigenvalue weighted by molar-refractivity contribution is 7.91. The number of hydrogen-bond acceptors (Lipinski definition) is 11. The summed E-state index contributed by atoms with van der Waals surface area (Å²) >= 11 is 0. The van der Waals surface area contributed by atoms with E-state index in [1.165, 1.54) is 7.11 Å². The first-order valence-corrected chi connectivity index (χ1v) is 22.3. The molecule has 1 spiro atoms. The zero-order valence-corrected chi connectivity index (χ0v) is 36.3. The molecule has 59 heavy (non-hydrogen) atoms. The van der Waals surface area contributed by atoms with Crippen molar-refractivity contribution in [2.75, 3.05) is 27.4 Å². The maximum Gasteiger partial charge on any atom is 0.307 e. The molecule has 6 rings (SSSR count). The van der Waals surface area contributed by atoms with Crippen LogP contribution in [0.5, 0.6) is 11.5 Å². The van der Waals surface area contributed by atoms with Crippen LogP contribution in [0.3, 0.4) is 0 Å². The summed E-state index contributed by atoms with van der Waals surface area (Å²) in [5, 5.41) is 0.901. The van der Waals surface area contributed by atoms with Gasteiger partial charge in [0.05, 0.1) is 49.3 Å². The summed E-state index contributed by atoms with van der Waals surface area (Å²) in [6, 6.07) is 4.70. The van der Waals surface area contributed by atoms with Gasteiger partial charge in [-0.2, -0.15) is 0 Å². The maximum absolute atomic E-state index is 14.9. The van der Waals surface area contributed by atoms with Crippen molar-refractivity contribution < 1.29 is 46.5 Å². The molecule has 3 fully saturated rings. The molecule has 322 valence electrons. The van der Waals surface area contributed by atoms with Gasteiger partial charge in [0.15, 0.2) is 5.78 Å². The Hall–Kier alpha value is -4.30. The molecule has 2 aromatic rings. The number of unbranched alkanes of at least 4 members (excludes halogenated alkanes) is 3. The quantitative estimate of drug-likeness (QED) is 0.0935. The van der Waals surface area contributed by atoms with E-state index in [1.807, 2.05) is 31.2 Å². The lowest BCUT2D eigenvalue weighted by atomic mass is 9.85. The van der Waals surface area contributed by atoms with E-state index in [9.17, 15) is 27.6 Å². The smallest absolute Gasteiger partial charge is 0.307 e. The zero-order valence-electron chi connectivity index (χ0n) is 35.5. The number of hydrogen-bond donors (Lipinski definition) is 1. The van der Waals surface area contributed by atoms with Crippen LogP contribution in [-0.2, 0) is 45.1 Å². The first-order valence-electron chi connectivity index (χ1n) is 20.9. The number of sulfonamides is 1.